The third-order valence-electron chi connectivity index (χ3n) is 5.49. The molecule has 6 nitrogen and oxygen atoms in total. The third-order valence-corrected chi connectivity index (χ3v) is 5.75. The maximum Gasteiger partial charge on any atom is 0.274 e. The molecule has 1 saturated heterocycles. The molecular weight excluding hydrogens is 352 g/mol. The summed E-state index contributed by atoms with van der Waals surface area (Å²) < 4.78 is 0. The Morgan fingerprint density at radius 2 is 2.00 bits per heavy atom. The fraction of sp³-hybridized carbons (Fsp3) is 0.474. The zero-order chi connectivity index (χ0) is 18.1. The van der Waals surface area contributed by atoms with Gasteiger partial charge in [0.25, 0.3) is 5.91 Å². The van der Waals surface area contributed by atoms with Crippen LogP contribution < -0.4 is 5.32 Å². The van der Waals surface area contributed by atoms with Crippen LogP contribution >= 0.6 is 11.6 Å². The van der Waals surface area contributed by atoms with Crippen molar-refractivity contribution in [3.8, 4) is 0 Å². The quantitative estimate of drug-likeness (QED) is 0.770. The molecule has 3 N–H and O–H groups in total. The van der Waals surface area contributed by atoms with Crippen LogP contribution in [0.2, 0.25) is 5.02 Å². The molecule has 4 rings (SSSR count). The van der Waals surface area contributed by atoms with Crippen molar-refractivity contribution < 1.29 is 9.90 Å². The molecule has 3 heterocycles. The SMILES string of the molecule is O=C(c1n[nH]c2c1CNCC2)N1CCC(C(O)c2ccc(Cl)cc2)CC1. The second-order valence-electron chi connectivity index (χ2n) is 7.08. The lowest BCUT2D eigenvalue weighted by Gasteiger charge is -2.34. The predicted octanol–water partition coefficient (Wildman–Crippen LogP) is 2.29. The Hall–Kier alpha value is -1.89. The first kappa shape index (κ1) is 17.5. The number of benzene rings is 1. The van der Waals surface area contributed by atoms with Gasteiger partial charge in [-0.25, -0.2) is 0 Å². The number of hydrogen-bond acceptors (Lipinski definition) is 4. The van der Waals surface area contributed by atoms with Gasteiger partial charge in [-0.05, 0) is 36.5 Å². The summed E-state index contributed by atoms with van der Waals surface area (Å²) in [5.41, 5.74) is 3.50. The molecule has 0 bridgehead atoms. The van der Waals surface area contributed by atoms with Crippen LogP contribution in [0.5, 0.6) is 0 Å². The number of halogens is 1. The van der Waals surface area contributed by atoms with E-state index in [1.165, 1.54) is 0 Å². The summed E-state index contributed by atoms with van der Waals surface area (Å²) in [5.74, 6) is 0.139. The largest absolute Gasteiger partial charge is 0.388 e. The summed E-state index contributed by atoms with van der Waals surface area (Å²) in [6.45, 7) is 2.89. The molecule has 1 unspecified atom stereocenters. The van der Waals surface area contributed by atoms with Crippen molar-refractivity contribution in [1.82, 2.24) is 20.4 Å². The molecule has 1 aromatic heterocycles. The van der Waals surface area contributed by atoms with E-state index in [0.717, 1.165) is 42.6 Å². The second kappa shape index (κ2) is 7.39. The maximum atomic E-state index is 12.9. The van der Waals surface area contributed by atoms with Gasteiger partial charge in [0.05, 0.1) is 6.10 Å². The number of carbonyl (C=O) groups is 1. The molecule has 26 heavy (non-hydrogen) atoms. The van der Waals surface area contributed by atoms with Crippen LogP contribution in [0.3, 0.4) is 0 Å². The Kier molecular flexibility index (Phi) is 4.98. The van der Waals surface area contributed by atoms with Gasteiger partial charge in [-0.2, -0.15) is 5.10 Å². The topological polar surface area (TPSA) is 81.2 Å². The minimum Gasteiger partial charge on any atom is -0.388 e. The van der Waals surface area contributed by atoms with Crippen LogP contribution in [-0.4, -0.2) is 45.7 Å². The minimum atomic E-state index is -0.521. The lowest BCUT2D eigenvalue weighted by molar-refractivity contribution is 0.0458. The molecule has 138 valence electrons. The molecule has 0 aliphatic carbocycles. The number of rotatable bonds is 3. The number of piperidine rings is 1. The second-order valence-corrected chi connectivity index (χ2v) is 7.52. The first-order chi connectivity index (χ1) is 12.6. The zero-order valence-electron chi connectivity index (χ0n) is 14.5. The van der Waals surface area contributed by atoms with E-state index < -0.39 is 6.10 Å². The number of fused-ring (bicyclic) bond motifs is 1. The number of H-pyrrole nitrogens is 1. The fourth-order valence-electron chi connectivity index (χ4n) is 3.90. The summed E-state index contributed by atoms with van der Waals surface area (Å²) in [6.07, 6.45) is 1.91. The number of aliphatic hydroxyl groups excluding tert-OH is 1. The number of aromatic nitrogens is 2. The Morgan fingerprint density at radius 1 is 1.27 bits per heavy atom. The van der Waals surface area contributed by atoms with Gasteiger partial charge in [0, 0.05) is 48.9 Å². The number of nitrogens with zero attached hydrogens (tertiary/aromatic N) is 2. The van der Waals surface area contributed by atoms with Gasteiger partial charge < -0.3 is 15.3 Å². The Morgan fingerprint density at radius 3 is 2.73 bits per heavy atom. The van der Waals surface area contributed by atoms with Crippen LogP contribution in [0.25, 0.3) is 0 Å². The van der Waals surface area contributed by atoms with Crippen LogP contribution in [0.15, 0.2) is 24.3 Å². The van der Waals surface area contributed by atoms with E-state index >= 15 is 0 Å². The van der Waals surface area contributed by atoms with Gasteiger partial charge in [0.2, 0.25) is 0 Å². The number of amides is 1. The lowest BCUT2D eigenvalue weighted by Crippen LogP contribution is -2.40. The molecule has 2 aliphatic rings. The summed E-state index contributed by atoms with van der Waals surface area (Å²) >= 11 is 5.92. The number of aliphatic hydroxyl groups is 1. The fourth-order valence-corrected chi connectivity index (χ4v) is 4.03. The third kappa shape index (κ3) is 3.37. The number of hydrogen-bond donors (Lipinski definition) is 3. The van der Waals surface area contributed by atoms with E-state index in [-0.39, 0.29) is 11.8 Å². The van der Waals surface area contributed by atoms with Crippen LogP contribution in [0.1, 0.15) is 46.3 Å². The van der Waals surface area contributed by atoms with Crippen molar-refractivity contribution in [3.05, 3.63) is 51.8 Å². The highest BCUT2D eigenvalue weighted by Gasteiger charge is 2.31. The smallest absolute Gasteiger partial charge is 0.274 e. The molecule has 0 spiro atoms. The van der Waals surface area contributed by atoms with Gasteiger partial charge in [-0.1, -0.05) is 23.7 Å². The van der Waals surface area contributed by atoms with E-state index in [1.807, 2.05) is 17.0 Å². The van der Waals surface area contributed by atoms with Crippen molar-refractivity contribution >= 4 is 17.5 Å². The van der Waals surface area contributed by atoms with Crippen molar-refractivity contribution in [1.29, 1.82) is 0 Å². The molecule has 1 fully saturated rings. The van der Waals surface area contributed by atoms with Crippen LogP contribution in [-0.2, 0) is 13.0 Å². The first-order valence-corrected chi connectivity index (χ1v) is 9.51. The molecule has 2 aliphatic heterocycles. The molecule has 1 atom stereocenters. The average Bonchev–Trinajstić information content (AvgIpc) is 3.12. The molecular formula is C19H23ClN4O2. The standard InChI is InChI=1S/C19H23ClN4O2/c20-14-3-1-12(2-4-14)18(25)13-6-9-24(10-7-13)19(26)17-15-11-21-8-5-16(15)22-23-17/h1-4,13,18,21,25H,5-11H2,(H,22,23). The van der Waals surface area contributed by atoms with Crippen molar-refractivity contribution in [2.75, 3.05) is 19.6 Å². The first-order valence-electron chi connectivity index (χ1n) is 9.13. The summed E-state index contributed by atoms with van der Waals surface area (Å²) in [5, 5.41) is 21.9. The monoisotopic (exact) mass is 374 g/mol. The molecule has 7 heteroatoms. The highest BCUT2D eigenvalue weighted by atomic mass is 35.5. The molecule has 2 aromatic rings. The van der Waals surface area contributed by atoms with Gasteiger partial charge >= 0.3 is 0 Å². The van der Waals surface area contributed by atoms with E-state index in [0.29, 0.717) is 30.4 Å². The van der Waals surface area contributed by atoms with Crippen molar-refractivity contribution in [2.24, 2.45) is 5.92 Å². The predicted molar refractivity (Wildman–Crippen MR) is 99.0 cm³/mol. The van der Waals surface area contributed by atoms with Gasteiger partial charge in [0.1, 0.15) is 0 Å². The molecule has 0 saturated carbocycles. The number of aromatic amines is 1. The minimum absolute atomic E-state index is 0.00867. The van der Waals surface area contributed by atoms with Crippen LogP contribution in [0, 0.1) is 5.92 Å². The molecule has 1 amide bonds. The van der Waals surface area contributed by atoms with E-state index in [1.54, 1.807) is 12.1 Å². The summed E-state index contributed by atoms with van der Waals surface area (Å²) in [7, 11) is 0. The van der Waals surface area contributed by atoms with Crippen molar-refractivity contribution in [2.45, 2.75) is 31.9 Å². The maximum absolute atomic E-state index is 12.9. The normalized spacial score (nSPS) is 19.2. The lowest BCUT2D eigenvalue weighted by atomic mass is 9.87. The van der Waals surface area contributed by atoms with Gasteiger partial charge in [0.15, 0.2) is 5.69 Å². The summed E-state index contributed by atoms with van der Waals surface area (Å²) in [6, 6.07) is 7.34. The van der Waals surface area contributed by atoms with Gasteiger partial charge in [-0.15, -0.1) is 0 Å². The molecule has 0 radical (unpaired) electrons. The van der Waals surface area contributed by atoms with E-state index in [2.05, 4.69) is 15.5 Å². The Balaban J connectivity index is 1.39. The molecule has 1 aromatic carbocycles. The van der Waals surface area contributed by atoms with Gasteiger partial charge in [-0.3, -0.25) is 9.89 Å². The highest BCUT2D eigenvalue weighted by molar-refractivity contribution is 6.30. The van der Waals surface area contributed by atoms with Crippen molar-refractivity contribution in [3.63, 3.8) is 0 Å². The summed E-state index contributed by atoms with van der Waals surface area (Å²) in [4.78, 5) is 14.7. The zero-order valence-corrected chi connectivity index (χ0v) is 15.3. The van der Waals surface area contributed by atoms with Crippen LogP contribution in [0.4, 0.5) is 0 Å². The average molecular weight is 375 g/mol. The number of likely N-dealkylation sites (tertiary alicyclic amines) is 1. The highest BCUT2D eigenvalue weighted by Crippen LogP contribution is 2.32. The Labute approximate surface area is 157 Å². The number of carbonyl (C=O) groups excluding carboxylic acids is 1. The van der Waals surface area contributed by atoms with E-state index in [4.69, 9.17) is 11.6 Å². The van der Waals surface area contributed by atoms with E-state index in [9.17, 15) is 9.90 Å². The Bertz CT molecular complexity index is 781. The number of nitrogens with one attached hydrogen (secondary N) is 2.